The fourth-order valence-electron chi connectivity index (χ4n) is 1.89. The smallest absolute Gasteiger partial charge is 0.243 e. The van der Waals surface area contributed by atoms with Gasteiger partial charge in [0, 0.05) is 21.9 Å². The Hall–Kier alpha value is -2.01. The lowest BCUT2D eigenvalue weighted by Gasteiger charge is -2.10. The molecule has 0 heterocycles. The van der Waals surface area contributed by atoms with Gasteiger partial charge in [0.05, 0.1) is 13.7 Å². The van der Waals surface area contributed by atoms with E-state index in [9.17, 15) is 4.79 Å². The van der Waals surface area contributed by atoms with Gasteiger partial charge < -0.3 is 15.4 Å². The van der Waals surface area contributed by atoms with Crippen LogP contribution in [0.1, 0.15) is 5.56 Å². The topological polar surface area (TPSA) is 50.4 Å². The van der Waals surface area contributed by atoms with Crippen LogP contribution in [-0.4, -0.2) is 19.6 Å². The summed E-state index contributed by atoms with van der Waals surface area (Å²) in [6.07, 6.45) is 0. The Balaban J connectivity index is 1.93. The van der Waals surface area contributed by atoms with Crippen molar-refractivity contribution in [2.75, 3.05) is 24.3 Å². The molecule has 0 unspecified atom stereocenters. The van der Waals surface area contributed by atoms with Crippen molar-refractivity contribution in [1.29, 1.82) is 0 Å². The first-order valence-electron chi connectivity index (χ1n) is 6.52. The average Bonchev–Trinajstić information content (AvgIpc) is 2.44. The van der Waals surface area contributed by atoms with E-state index in [1.165, 1.54) is 0 Å². The molecule has 0 fully saturated rings. The van der Waals surface area contributed by atoms with Crippen molar-refractivity contribution in [2.45, 2.75) is 6.92 Å². The molecule has 0 aliphatic heterocycles. The van der Waals surface area contributed by atoms with E-state index >= 15 is 0 Å². The molecule has 2 aromatic rings. The molecule has 4 nitrogen and oxygen atoms in total. The Bertz CT molecular complexity index is 644. The zero-order valence-corrected chi connectivity index (χ0v) is 13.5. The van der Waals surface area contributed by atoms with Crippen molar-refractivity contribution in [3.8, 4) is 5.75 Å². The van der Waals surface area contributed by atoms with Gasteiger partial charge in [-0.05, 0) is 36.8 Å². The zero-order chi connectivity index (χ0) is 15.2. The van der Waals surface area contributed by atoms with E-state index in [4.69, 9.17) is 4.74 Å². The zero-order valence-electron chi connectivity index (χ0n) is 11.9. The summed E-state index contributed by atoms with van der Waals surface area (Å²) in [4.78, 5) is 11.9. The summed E-state index contributed by atoms with van der Waals surface area (Å²) in [6.45, 7) is 2.18. The van der Waals surface area contributed by atoms with Gasteiger partial charge in [0.25, 0.3) is 0 Å². The molecule has 2 N–H and O–H groups in total. The number of ether oxygens (including phenoxy) is 1. The largest absolute Gasteiger partial charge is 0.497 e. The van der Waals surface area contributed by atoms with Gasteiger partial charge in [-0.2, -0.15) is 0 Å². The molecule has 5 heteroatoms. The maximum absolute atomic E-state index is 11.9. The number of methoxy groups -OCH3 is 1. The van der Waals surface area contributed by atoms with Crippen molar-refractivity contribution in [1.82, 2.24) is 0 Å². The molecule has 110 valence electrons. The maximum atomic E-state index is 11.9. The molecule has 1 amide bonds. The van der Waals surface area contributed by atoms with Crippen LogP contribution >= 0.6 is 15.9 Å². The second-order valence-electron chi connectivity index (χ2n) is 4.65. The quantitative estimate of drug-likeness (QED) is 0.863. The number of carbonyl (C=O) groups is 1. The number of amides is 1. The van der Waals surface area contributed by atoms with Gasteiger partial charge in [-0.1, -0.05) is 28.1 Å². The van der Waals surface area contributed by atoms with Crippen LogP contribution in [0.15, 0.2) is 46.9 Å². The first-order valence-corrected chi connectivity index (χ1v) is 7.31. The van der Waals surface area contributed by atoms with Gasteiger partial charge in [-0.15, -0.1) is 0 Å². The molecule has 0 spiro atoms. The van der Waals surface area contributed by atoms with Crippen LogP contribution in [0.2, 0.25) is 0 Å². The predicted octanol–water partition coefficient (Wildman–Crippen LogP) is 3.82. The molecular weight excluding hydrogens is 332 g/mol. The number of aryl methyl sites for hydroxylation is 1. The third-order valence-corrected chi connectivity index (χ3v) is 3.32. The number of rotatable bonds is 5. The molecule has 2 rings (SSSR count). The number of benzene rings is 2. The van der Waals surface area contributed by atoms with Crippen molar-refractivity contribution >= 4 is 33.2 Å². The van der Waals surface area contributed by atoms with Crippen LogP contribution in [-0.2, 0) is 4.79 Å². The standard InChI is InChI=1S/C16H17BrN2O2/c1-11-4-3-5-13(6-11)19-16(20)10-18-14-7-12(17)8-15(9-14)21-2/h3-9,18H,10H2,1-2H3,(H,19,20). The van der Waals surface area contributed by atoms with E-state index in [0.717, 1.165) is 27.2 Å². The molecule has 0 atom stereocenters. The van der Waals surface area contributed by atoms with Crippen LogP contribution in [0.5, 0.6) is 5.75 Å². The SMILES string of the molecule is COc1cc(Br)cc(NCC(=O)Nc2cccc(C)c2)c1. The van der Waals surface area contributed by atoms with E-state index in [1.807, 2.05) is 49.4 Å². The van der Waals surface area contributed by atoms with Gasteiger partial charge in [0.1, 0.15) is 5.75 Å². The normalized spacial score (nSPS) is 10.0. The molecule has 0 radical (unpaired) electrons. The van der Waals surface area contributed by atoms with Crippen molar-refractivity contribution in [3.05, 3.63) is 52.5 Å². The average molecular weight is 349 g/mol. The number of nitrogens with one attached hydrogen (secondary N) is 2. The second kappa shape index (κ2) is 7.13. The van der Waals surface area contributed by atoms with Crippen molar-refractivity contribution in [3.63, 3.8) is 0 Å². The molecule has 0 saturated heterocycles. The highest BCUT2D eigenvalue weighted by Crippen LogP contribution is 2.24. The van der Waals surface area contributed by atoms with Crippen molar-refractivity contribution in [2.24, 2.45) is 0 Å². The molecular formula is C16H17BrN2O2. The van der Waals surface area contributed by atoms with E-state index in [-0.39, 0.29) is 12.5 Å². The number of anilines is 2. The van der Waals surface area contributed by atoms with Gasteiger partial charge in [0.15, 0.2) is 0 Å². The summed E-state index contributed by atoms with van der Waals surface area (Å²) in [5.41, 5.74) is 2.73. The molecule has 21 heavy (non-hydrogen) atoms. The van der Waals surface area contributed by atoms with E-state index < -0.39 is 0 Å². The van der Waals surface area contributed by atoms with Crippen LogP contribution in [0.3, 0.4) is 0 Å². The number of hydrogen-bond acceptors (Lipinski definition) is 3. The van der Waals surface area contributed by atoms with Crippen molar-refractivity contribution < 1.29 is 9.53 Å². The highest BCUT2D eigenvalue weighted by molar-refractivity contribution is 9.10. The molecule has 0 aromatic heterocycles. The predicted molar refractivity (Wildman–Crippen MR) is 89.0 cm³/mol. The molecule has 0 aliphatic carbocycles. The minimum absolute atomic E-state index is 0.0976. The molecule has 0 aliphatic rings. The van der Waals surface area contributed by atoms with Gasteiger partial charge in [0.2, 0.25) is 5.91 Å². The number of halogens is 1. The fourth-order valence-corrected chi connectivity index (χ4v) is 2.37. The first kappa shape index (κ1) is 15.4. The summed E-state index contributed by atoms with van der Waals surface area (Å²) >= 11 is 3.40. The first-order chi connectivity index (χ1) is 10.1. The Morgan fingerprint density at radius 3 is 2.71 bits per heavy atom. The monoisotopic (exact) mass is 348 g/mol. The van der Waals surface area contributed by atoms with Crippen LogP contribution in [0.4, 0.5) is 11.4 Å². The minimum Gasteiger partial charge on any atom is -0.497 e. The number of hydrogen-bond donors (Lipinski definition) is 2. The summed E-state index contributed by atoms with van der Waals surface area (Å²) in [6, 6.07) is 13.3. The Labute approximate surface area is 132 Å². The Morgan fingerprint density at radius 2 is 2.00 bits per heavy atom. The second-order valence-corrected chi connectivity index (χ2v) is 5.57. The fraction of sp³-hybridized carbons (Fsp3) is 0.188. The lowest BCUT2D eigenvalue weighted by molar-refractivity contribution is -0.114. The lowest BCUT2D eigenvalue weighted by Crippen LogP contribution is -2.21. The van der Waals surface area contributed by atoms with E-state index in [0.29, 0.717) is 0 Å². The van der Waals surface area contributed by atoms with E-state index in [1.54, 1.807) is 7.11 Å². The summed E-state index contributed by atoms with van der Waals surface area (Å²) in [5.74, 6) is 0.630. The highest BCUT2D eigenvalue weighted by Gasteiger charge is 2.04. The Kier molecular flexibility index (Phi) is 5.22. The van der Waals surface area contributed by atoms with Gasteiger partial charge in [-0.25, -0.2) is 0 Å². The highest BCUT2D eigenvalue weighted by atomic mass is 79.9. The van der Waals surface area contributed by atoms with Crippen LogP contribution < -0.4 is 15.4 Å². The van der Waals surface area contributed by atoms with Gasteiger partial charge >= 0.3 is 0 Å². The molecule has 0 bridgehead atoms. The molecule has 0 saturated carbocycles. The summed E-state index contributed by atoms with van der Waals surface area (Å²) in [7, 11) is 1.61. The maximum Gasteiger partial charge on any atom is 0.243 e. The summed E-state index contributed by atoms with van der Waals surface area (Å²) in [5, 5.41) is 5.92. The lowest BCUT2D eigenvalue weighted by atomic mass is 10.2. The number of carbonyl (C=O) groups excluding carboxylic acids is 1. The Morgan fingerprint density at radius 1 is 1.19 bits per heavy atom. The van der Waals surface area contributed by atoms with E-state index in [2.05, 4.69) is 26.6 Å². The third-order valence-electron chi connectivity index (χ3n) is 2.86. The van der Waals surface area contributed by atoms with Crippen LogP contribution in [0, 0.1) is 6.92 Å². The summed E-state index contributed by atoms with van der Waals surface area (Å²) < 4.78 is 6.07. The third kappa shape index (κ3) is 4.79. The minimum atomic E-state index is -0.0976. The van der Waals surface area contributed by atoms with Crippen LogP contribution in [0.25, 0.3) is 0 Å². The van der Waals surface area contributed by atoms with Gasteiger partial charge in [-0.3, -0.25) is 4.79 Å². The molecule has 2 aromatic carbocycles.